The number of unbranched alkanes of at least 4 members (excludes halogenated alkanes) is 1. The highest BCUT2D eigenvalue weighted by Gasteiger charge is 2.25. The van der Waals surface area contributed by atoms with Gasteiger partial charge in [0.15, 0.2) is 0 Å². The topological polar surface area (TPSA) is 113 Å². The number of amides is 1. The number of aromatic nitrogens is 3. The van der Waals surface area contributed by atoms with E-state index in [2.05, 4.69) is 32.5 Å². The third kappa shape index (κ3) is 8.32. The van der Waals surface area contributed by atoms with Gasteiger partial charge in [0.05, 0.1) is 22.6 Å². The maximum absolute atomic E-state index is 13.0. The van der Waals surface area contributed by atoms with Gasteiger partial charge in [0, 0.05) is 42.5 Å². The smallest absolute Gasteiger partial charge is 0.246 e. The average Bonchev–Trinajstić information content (AvgIpc) is 3.42. The molecule has 0 spiro atoms. The predicted molar refractivity (Wildman–Crippen MR) is 177 cm³/mol. The van der Waals surface area contributed by atoms with Crippen LogP contribution in [0.3, 0.4) is 0 Å². The average molecular weight is 635 g/mol. The summed E-state index contributed by atoms with van der Waals surface area (Å²) >= 11 is 8.15. The van der Waals surface area contributed by atoms with Crippen LogP contribution < -0.4 is 15.4 Å². The normalized spacial score (nSPS) is 13.8. The molecule has 11 heteroatoms. The molecule has 1 aromatic carbocycles. The summed E-state index contributed by atoms with van der Waals surface area (Å²) < 4.78 is 5.86. The molecule has 0 saturated carbocycles. The molecule has 9 nitrogen and oxygen atoms in total. The van der Waals surface area contributed by atoms with Crippen LogP contribution >= 0.6 is 22.9 Å². The number of nitrogens with one attached hydrogen (secondary N) is 2. The van der Waals surface area contributed by atoms with Crippen LogP contribution in [0.2, 0.25) is 5.02 Å². The first-order valence-corrected chi connectivity index (χ1v) is 16.4. The highest BCUT2D eigenvalue weighted by molar-refractivity contribution is 7.19. The highest BCUT2D eigenvalue weighted by Crippen LogP contribution is 2.39. The number of ether oxygens (including phenoxy) is 1. The molecule has 0 bridgehead atoms. The van der Waals surface area contributed by atoms with Gasteiger partial charge in [0.1, 0.15) is 29.3 Å². The molecule has 4 aromatic rings. The zero-order chi connectivity index (χ0) is 30.7. The van der Waals surface area contributed by atoms with Crippen molar-refractivity contribution in [3.05, 3.63) is 82.2 Å². The number of carbonyl (C=O) groups excluding carboxylic acids is 1. The van der Waals surface area contributed by atoms with Crippen molar-refractivity contribution in [1.82, 2.24) is 25.2 Å². The summed E-state index contributed by atoms with van der Waals surface area (Å²) in [5.41, 5.74) is 2.80. The summed E-state index contributed by atoms with van der Waals surface area (Å²) in [4.78, 5) is 30.2. The molecule has 1 unspecified atom stereocenters. The number of pyridine rings is 1. The van der Waals surface area contributed by atoms with Gasteiger partial charge in [-0.1, -0.05) is 43.5 Å². The summed E-state index contributed by atoms with van der Waals surface area (Å²) in [6.07, 6.45) is 11.8. The lowest BCUT2D eigenvalue weighted by atomic mass is 9.99. The van der Waals surface area contributed by atoms with E-state index < -0.39 is 0 Å². The van der Waals surface area contributed by atoms with Crippen molar-refractivity contribution in [1.29, 1.82) is 0 Å². The first-order valence-electron chi connectivity index (χ1n) is 15.2. The van der Waals surface area contributed by atoms with Crippen LogP contribution in [0.4, 0.5) is 11.5 Å². The molecular formula is C33H39ClN6O3S. The monoisotopic (exact) mass is 634 g/mol. The van der Waals surface area contributed by atoms with Gasteiger partial charge < -0.3 is 25.4 Å². The Morgan fingerprint density at radius 2 is 2.14 bits per heavy atom. The fourth-order valence-corrected chi connectivity index (χ4v) is 6.78. The minimum absolute atomic E-state index is 0.0113. The van der Waals surface area contributed by atoms with Gasteiger partial charge in [-0.25, -0.2) is 9.97 Å². The molecule has 1 aliphatic rings. The van der Waals surface area contributed by atoms with Crippen molar-refractivity contribution in [2.45, 2.75) is 52.2 Å². The van der Waals surface area contributed by atoms with Crippen LogP contribution in [0.25, 0.3) is 10.2 Å². The Morgan fingerprint density at radius 3 is 2.93 bits per heavy atom. The van der Waals surface area contributed by atoms with Crippen molar-refractivity contribution < 1.29 is 14.6 Å². The van der Waals surface area contributed by atoms with Crippen LogP contribution in [-0.4, -0.2) is 57.1 Å². The molecule has 0 fully saturated rings. The zero-order valence-corrected chi connectivity index (χ0v) is 26.5. The number of nitrogens with zero attached hydrogens (tertiary/aromatic N) is 4. The third-order valence-electron chi connectivity index (χ3n) is 7.70. The summed E-state index contributed by atoms with van der Waals surface area (Å²) in [6, 6.07) is 11.3. The number of aliphatic hydroxyl groups is 1. The van der Waals surface area contributed by atoms with Crippen LogP contribution in [0.15, 0.2) is 61.1 Å². The van der Waals surface area contributed by atoms with Gasteiger partial charge in [0.2, 0.25) is 5.91 Å². The molecule has 3 N–H and O–H groups in total. The number of hydrogen-bond donors (Lipinski definition) is 3. The Bertz CT molecular complexity index is 1560. The molecule has 0 saturated heterocycles. The number of carbonyl (C=O) groups is 1. The quantitative estimate of drug-likeness (QED) is 0.103. The second kappa shape index (κ2) is 15.9. The summed E-state index contributed by atoms with van der Waals surface area (Å²) in [5.74, 6) is 1.77. The number of fused-ring (bicyclic) bond motifs is 3. The molecule has 44 heavy (non-hydrogen) atoms. The van der Waals surface area contributed by atoms with Crippen molar-refractivity contribution in [2.75, 3.05) is 31.6 Å². The minimum atomic E-state index is 0.0113. The standard InChI is InChI=1S/C33H39ClN6O3S/c1-2-3-7-23(13-17-41)19-35-14-6-9-30(42)40-16-12-26-29(20-40)44-33-31(26)32(37-22-38-33)39-24-10-11-28(27(34)18-24)43-21-25-8-4-5-15-36-25/h4-6,8-11,15,18,22-23,35,41H,2-3,7,12-14,16-17,19-21H2,1H3,(H,37,38,39)/b9-6+. The molecule has 0 aliphatic carbocycles. The number of thiophene rings is 1. The van der Waals surface area contributed by atoms with E-state index in [4.69, 9.17) is 16.3 Å². The van der Waals surface area contributed by atoms with Crippen LogP contribution in [0, 0.1) is 5.92 Å². The van der Waals surface area contributed by atoms with Gasteiger partial charge in [-0.3, -0.25) is 9.78 Å². The maximum atomic E-state index is 13.0. The van der Waals surface area contributed by atoms with Crippen molar-refractivity contribution in [3.8, 4) is 5.75 Å². The molecule has 3 aromatic heterocycles. The molecule has 4 heterocycles. The van der Waals surface area contributed by atoms with Crippen molar-refractivity contribution in [2.24, 2.45) is 5.92 Å². The van der Waals surface area contributed by atoms with Gasteiger partial charge in [0.25, 0.3) is 0 Å². The summed E-state index contributed by atoms with van der Waals surface area (Å²) in [5, 5.41) is 17.6. The Morgan fingerprint density at radius 1 is 1.23 bits per heavy atom. The molecular weight excluding hydrogens is 596 g/mol. The van der Waals surface area contributed by atoms with E-state index in [-0.39, 0.29) is 12.5 Å². The van der Waals surface area contributed by atoms with Crippen LogP contribution in [0.5, 0.6) is 5.75 Å². The number of halogens is 1. The van der Waals surface area contributed by atoms with E-state index in [1.165, 1.54) is 12.0 Å². The van der Waals surface area contributed by atoms with Crippen molar-refractivity contribution >= 4 is 50.6 Å². The summed E-state index contributed by atoms with van der Waals surface area (Å²) in [7, 11) is 0. The van der Waals surface area contributed by atoms with Crippen LogP contribution in [0.1, 0.15) is 48.7 Å². The lowest BCUT2D eigenvalue weighted by Gasteiger charge is -2.26. The molecule has 232 valence electrons. The van der Waals surface area contributed by atoms with E-state index in [1.807, 2.05) is 47.4 Å². The fraction of sp³-hybridized carbons (Fsp3) is 0.394. The van der Waals surface area contributed by atoms with Gasteiger partial charge in [-0.15, -0.1) is 11.3 Å². The molecule has 1 aliphatic heterocycles. The lowest BCUT2D eigenvalue weighted by molar-refractivity contribution is -0.126. The predicted octanol–water partition coefficient (Wildman–Crippen LogP) is 6.28. The highest BCUT2D eigenvalue weighted by atomic mass is 35.5. The molecule has 1 amide bonds. The molecule has 1 atom stereocenters. The Hall–Kier alpha value is -3.57. The van der Waals surface area contributed by atoms with E-state index in [9.17, 15) is 9.90 Å². The van der Waals surface area contributed by atoms with Crippen LogP contribution in [-0.2, 0) is 24.4 Å². The maximum Gasteiger partial charge on any atom is 0.246 e. The first-order chi connectivity index (χ1) is 21.6. The largest absolute Gasteiger partial charge is 0.486 e. The first kappa shape index (κ1) is 31.8. The number of anilines is 2. The number of hydrogen-bond acceptors (Lipinski definition) is 9. The second-order valence-corrected chi connectivity index (χ2v) is 12.4. The summed E-state index contributed by atoms with van der Waals surface area (Å²) in [6.45, 7) is 5.39. The minimum Gasteiger partial charge on any atom is -0.486 e. The van der Waals surface area contributed by atoms with E-state index in [0.717, 1.165) is 64.5 Å². The molecule has 5 rings (SSSR count). The zero-order valence-electron chi connectivity index (χ0n) is 25.0. The second-order valence-electron chi connectivity index (χ2n) is 10.9. The fourth-order valence-electron chi connectivity index (χ4n) is 5.34. The molecule has 0 radical (unpaired) electrons. The Labute approximate surface area is 267 Å². The number of aliphatic hydroxyl groups excluding tert-OH is 1. The van der Waals surface area contributed by atoms with Crippen molar-refractivity contribution in [3.63, 3.8) is 0 Å². The Kier molecular flexibility index (Phi) is 11.5. The van der Waals surface area contributed by atoms with E-state index >= 15 is 0 Å². The Balaban J connectivity index is 1.19. The number of rotatable bonds is 15. The number of benzene rings is 1. The SMILES string of the molecule is CCCCC(CCO)CNC/C=C/C(=O)N1CCc2c(sc3ncnc(Nc4ccc(OCc5ccccn5)c(Cl)c4)c23)C1. The van der Waals surface area contributed by atoms with E-state index in [0.29, 0.717) is 42.9 Å². The van der Waals surface area contributed by atoms with Gasteiger partial charge >= 0.3 is 0 Å². The van der Waals surface area contributed by atoms with Gasteiger partial charge in [-0.2, -0.15) is 0 Å². The lowest BCUT2D eigenvalue weighted by Crippen LogP contribution is -2.34. The third-order valence-corrected chi connectivity index (χ3v) is 9.12. The van der Waals surface area contributed by atoms with E-state index in [1.54, 1.807) is 29.9 Å². The van der Waals surface area contributed by atoms with Gasteiger partial charge in [-0.05, 0) is 67.6 Å².